The average molecular weight is 231 g/mol. The molecule has 2 unspecified atom stereocenters. The zero-order valence-electron chi connectivity index (χ0n) is 9.24. The molecular weight excluding hydrogens is 214 g/mol. The minimum Gasteiger partial charge on any atom is -0.368 e. The van der Waals surface area contributed by atoms with E-state index in [1.807, 2.05) is 0 Å². The molecular formula is C8H17N5O3. The molecule has 0 aliphatic heterocycles. The molecule has 0 saturated heterocycles. The third-order valence-corrected chi connectivity index (χ3v) is 1.87. The highest BCUT2D eigenvalue weighted by Crippen LogP contribution is 1.80. The minimum atomic E-state index is -0.769. The lowest BCUT2D eigenvalue weighted by Crippen LogP contribution is -2.50. The molecule has 2 atom stereocenters. The minimum absolute atomic E-state index is 0.234. The molecule has 0 spiro atoms. The predicted octanol–water partition coefficient (Wildman–Crippen LogP) is -3.06. The summed E-state index contributed by atoms with van der Waals surface area (Å²) in [6.45, 7) is 2.76. The molecule has 3 amide bonds. The van der Waals surface area contributed by atoms with Crippen molar-refractivity contribution in [2.75, 3.05) is 6.54 Å². The molecule has 0 aromatic rings. The quantitative estimate of drug-likeness (QED) is 0.244. The first-order valence-corrected chi connectivity index (χ1v) is 4.71. The number of carbonyl (C=O) groups is 3. The zero-order chi connectivity index (χ0) is 12.7. The van der Waals surface area contributed by atoms with E-state index in [2.05, 4.69) is 16.1 Å². The third-order valence-electron chi connectivity index (χ3n) is 1.87. The van der Waals surface area contributed by atoms with Gasteiger partial charge in [0.05, 0.1) is 12.6 Å². The van der Waals surface area contributed by atoms with Gasteiger partial charge in [-0.3, -0.25) is 20.2 Å². The fourth-order valence-electron chi connectivity index (χ4n) is 0.760. The van der Waals surface area contributed by atoms with Gasteiger partial charge in [0.1, 0.15) is 6.04 Å². The van der Waals surface area contributed by atoms with Crippen LogP contribution in [0.5, 0.6) is 0 Å². The number of nitrogens with two attached hydrogens (primary N) is 2. The molecule has 0 aromatic carbocycles. The summed E-state index contributed by atoms with van der Waals surface area (Å²) in [4.78, 5) is 33.0. The van der Waals surface area contributed by atoms with Crippen LogP contribution in [-0.2, 0) is 14.4 Å². The highest BCUT2D eigenvalue weighted by molar-refractivity contribution is 5.90. The summed E-state index contributed by atoms with van der Waals surface area (Å²) in [5.74, 6) is 3.48. The molecule has 7 N–H and O–H groups in total. The van der Waals surface area contributed by atoms with Crippen LogP contribution in [0.4, 0.5) is 0 Å². The first-order valence-electron chi connectivity index (χ1n) is 4.71. The monoisotopic (exact) mass is 231 g/mol. The molecule has 8 heteroatoms. The summed E-state index contributed by atoms with van der Waals surface area (Å²) >= 11 is 0. The molecule has 0 heterocycles. The van der Waals surface area contributed by atoms with Gasteiger partial charge in [-0.1, -0.05) is 0 Å². The molecule has 92 valence electrons. The Labute approximate surface area is 93.1 Å². The SMILES string of the molecule is CC(NC(=O)CNC(=O)C(C)NN)C(N)=O. The van der Waals surface area contributed by atoms with Crippen molar-refractivity contribution in [1.29, 1.82) is 0 Å². The Morgan fingerprint density at radius 1 is 1.19 bits per heavy atom. The van der Waals surface area contributed by atoms with Crippen LogP contribution in [0.15, 0.2) is 0 Å². The molecule has 8 nitrogen and oxygen atoms in total. The van der Waals surface area contributed by atoms with Crippen molar-refractivity contribution in [3.8, 4) is 0 Å². The summed E-state index contributed by atoms with van der Waals surface area (Å²) < 4.78 is 0. The Morgan fingerprint density at radius 2 is 1.75 bits per heavy atom. The second-order valence-corrected chi connectivity index (χ2v) is 3.30. The van der Waals surface area contributed by atoms with Crippen LogP contribution in [0.2, 0.25) is 0 Å². The van der Waals surface area contributed by atoms with E-state index < -0.39 is 29.8 Å². The van der Waals surface area contributed by atoms with E-state index in [1.54, 1.807) is 6.92 Å². The van der Waals surface area contributed by atoms with Crippen LogP contribution >= 0.6 is 0 Å². The Bertz CT molecular complexity index is 281. The first kappa shape index (κ1) is 14.3. The van der Waals surface area contributed by atoms with E-state index in [0.717, 1.165) is 0 Å². The summed E-state index contributed by atoms with van der Waals surface area (Å²) in [7, 11) is 0. The van der Waals surface area contributed by atoms with Crippen LogP contribution < -0.4 is 27.6 Å². The molecule has 0 aliphatic carbocycles. The third kappa shape index (κ3) is 5.27. The van der Waals surface area contributed by atoms with Gasteiger partial charge in [-0.15, -0.1) is 0 Å². The number of hydrogen-bond donors (Lipinski definition) is 5. The summed E-state index contributed by atoms with van der Waals surface area (Å²) in [6, 6.07) is -1.36. The topological polar surface area (TPSA) is 139 Å². The maximum absolute atomic E-state index is 11.2. The second-order valence-electron chi connectivity index (χ2n) is 3.30. The Morgan fingerprint density at radius 3 is 2.19 bits per heavy atom. The van der Waals surface area contributed by atoms with Crippen molar-refractivity contribution < 1.29 is 14.4 Å². The molecule has 0 radical (unpaired) electrons. The number of hydrazine groups is 1. The van der Waals surface area contributed by atoms with E-state index in [9.17, 15) is 14.4 Å². The Balaban J connectivity index is 3.90. The summed E-state index contributed by atoms with van der Waals surface area (Å²) in [6.07, 6.45) is 0. The number of hydrogen-bond acceptors (Lipinski definition) is 5. The van der Waals surface area contributed by atoms with Gasteiger partial charge < -0.3 is 16.4 Å². The van der Waals surface area contributed by atoms with E-state index in [1.165, 1.54) is 6.92 Å². The lowest BCUT2D eigenvalue weighted by molar-refractivity contribution is -0.129. The summed E-state index contributed by atoms with van der Waals surface area (Å²) in [5.41, 5.74) is 7.17. The molecule has 16 heavy (non-hydrogen) atoms. The molecule has 0 fully saturated rings. The fraction of sp³-hybridized carbons (Fsp3) is 0.625. The lowest BCUT2D eigenvalue weighted by atomic mass is 10.3. The van der Waals surface area contributed by atoms with Crippen molar-refractivity contribution in [2.24, 2.45) is 11.6 Å². The maximum Gasteiger partial charge on any atom is 0.240 e. The van der Waals surface area contributed by atoms with Gasteiger partial charge >= 0.3 is 0 Å². The highest BCUT2D eigenvalue weighted by atomic mass is 16.2. The van der Waals surface area contributed by atoms with E-state index in [4.69, 9.17) is 11.6 Å². The molecule has 0 bridgehead atoms. The number of primary amides is 1. The largest absolute Gasteiger partial charge is 0.368 e. The second kappa shape index (κ2) is 6.75. The number of rotatable bonds is 6. The zero-order valence-corrected chi connectivity index (χ0v) is 9.24. The fourth-order valence-corrected chi connectivity index (χ4v) is 0.760. The van der Waals surface area contributed by atoms with Gasteiger partial charge in [0.2, 0.25) is 17.7 Å². The number of amides is 3. The Kier molecular flexibility index (Phi) is 6.04. The molecule has 0 aromatic heterocycles. The van der Waals surface area contributed by atoms with E-state index >= 15 is 0 Å². The van der Waals surface area contributed by atoms with Gasteiger partial charge in [0, 0.05) is 0 Å². The van der Waals surface area contributed by atoms with Gasteiger partial charge in [-0.05, 0) is 13.8 Å². The van der Waals surface area contributed by atoms with Crippen molar-refractivity contribution in [1.82, 2.24) is 16.1 Å². The van der Waals surface area contributed by atoms with Crippen molar-refractivity contribution in [2.45, 2.75) is 25.9 Å². The van der Waals surface area contributed by atoms with Gasteiger partial charge in [0.15, 0.2) is 0 Å². The van der Waals surface area contributed by atoms with E-state index in [-0.39, 0.29) is 6.54 Å². The first-order chi connectivity index (χ1) is 7.38. The molecule has 0 rings (SSSR count). The van der Waals surface area contributed by atoms with Crippen LogP contribution in [0.25, 0.3) is 0 Å². The maximum atomic E-state index is 11.2. The molecule has 0 aliphatic rings. The van der Waals surface area contributed by atoms with Crippen molar-refractivity contribution in [3.05, 3.63) is 0 Å². The number of nitrogens with one attached hydrogen (secondary N) is 3. The van der Waals surface area contributed by atoms with Crippen molar-refractivity contribution in [3.63, 3.8) is 0 Å². The highest BCUT2D eigenvalue weighted by Gasteiger charge is 2.14. The standard InChI is InChI=1S/C8H17N5O3/c1-4(7(9)15)12-6(14)3-11-8(16)5(2)13-10/h4-5,13H,3,10H2,1-2H3,(H2,9,15)(H,11,16)(H,12,14). The predicted molar refractivity (Wildman–Crippen MR) is 56.6 cm³/mol. The summed E-state index contributed by atoms with van der Waals surface area (Å²) in [5, 5.41) is 4.64. The van der Waals surface area contributed by atoms with Crippen LogP contribution in [-0.4, -0.2) is 36.3 Å². The molecule has 0 saturated carbocycles. The lowest BCUT2D eigenvalue weighted by Gasteiger charge is -2.12. The van der Waals surface area contributed by atoms with Gasteiger partial charge in [-0.2, -0.15) is 0 Å². The normalized spacial score (nSPS) is 13.7. The van der Waals surface area contributed by atoms with Gasteiger partial charge in [0.25, 0.3) is 0 Å². The van der Waals surface area contributed by atoms with Crippen LogP contribution in [0, 0.1) is 0 Å². The van der Waals surface area contributed by atoms with Crippen molar-refractivity contribution >= 4 is 17.7 Å². The average Bonchev–Trinajstić information content (AvgIpc) is 2.24. The Hall–Kier alpha value is -1.67. The van der Waals surface area contributed by atoms with E-state index in [0.29, 0.717) is 0 Å². The number of carbonyl (C=O) groups excluding carboxylic acids is 3. The smallest absolute Gasteiger partial charge is 0.240 e. The van der Waals surface area contributed by atoms with Crippen LogP contribution in [0.3, 0.4) is 0 Å². The van der Waals surface area contributed by atoms with Gasteiger partial charge in [-0.25, -0.2) is 5.43 Å². The van der Waals surface area contributed by atoms with Crippen LogP contribution in [0.1, 0.15) is 13.8 Å².